The molecular weight excluding hydrogens is 160 g/mol. The summed E-state index contributed by atoms with van der Waals surface area (Å²) >= 11 is 0. The first-order valence-corrected chi connectivity index (χ1v) is 3.46. The molecular formula is C6H10N4O2. The summed E-state index contributed by atoms with van der Waals surface area (Å²) in [7, 11) is 3.46. The van der Waals surface area contributed by atoms with Gasteiger partial charge >= 0.3 is 5.82 Å². The lowest BCUT2D eigenvalue weighted by Gasteiger charge is -1.99. The predicted octanol–water partition coefficient (Wildman–Crippen LogP) is 0.0477. The Labute approximate surface area is 69.4 Å². The number of aromatic nitrogens is 2. The molecule has 0 saturated heterocycles. The van der Waals surface area contributed by atoms with Gasteiger partial charge in [0.25, 0.3) is 0 Å². The lowest BCUT2D eigenvalue weighted by molar-refractivity contribution is -0.390. The summed E-state index contributed by atoms with van der Waals surface area (Å²) in [6.07, 6.45) is 1.44. The molecule has 1 rings (SSSR count). The summed E-state index contributed by atoms with van der Waals surface area (Å²) < 4.78 is 1.63. The zero-order valence-electron chi connectivity index (χ0n) is 6.94. The van der Waals surface area contributed by atoms with E-state index >= 15 is 0 Å². The minimum absolute atomic E-state index is 0.0770. The molecule has 1 aromatic rings. The first-order valence-electron chi connectivity index (χ1n) is 3.46. The molecule has 66 valence electrons. The van der Waals surface area contributed by atoms with Gasteiger partial charge in [0.15, 0.2) is 0 Å². The summed E-state index contributed by atoms with van der Waals surface area (Å²) in [5.41, 5.74) is 0.586. The first kappa shape index (κ1) is 8.66. The minimum Gasteiger partial charge on any atom is -0.358 e. The van der Waals surface area contributed by atoms with E-state index < -0.39 is 4.92 Å². The second kappa shape index (κ2) is 3.31. The van der Waals surface area contributed by atoms with Gasteiger partial charge in [-0.3, -0.25) is 0 Å². The maximum atomic E-state index is 10.4. The number of hydrogen-bond donors (Lipinski definition) is 1. The van der Waals surface area contributed by atoms with Crippen LogP contribution in [0.5, 0.6) is 0 Å². The number of rotatable bonds is 3. The van der Waals surface area contributed by atoms with Crippen molar-refractivity contribution in [2.24, 2.45) is 7.05 Å². The molecule has 0 bridgehead atoms. The highest BCUT2D eigenvalue weighted by Crippen LogP contribution is 2.13. The van der Waals surface area contributed by atoms with Gasteiger partial charge in [0.1, 0.15) is 5.69 Å². The van der Waals surface area contributed by atoms with Crippen LogP contribution in [0.25, 0.3) is 0 Å². The summed E-state index contributed by atoms with van der Waals surface area (Å²) in [4.78, 5) is 13.6. The van der Waals surface area contributed by atoms with Gasteiger partial charge in [-0.15, -0.1) is 0 Å². The van der Waals surface area contributed by atoms with Crippen molar-refractivity contribution in [1.82, 2.24) is 14.9 Å². The van der Waals surface area contributed by atoms with Gasteiger partial charge in [-0.05, 0) is 17.0 Å². The lowest BCUT2D eigenvalue weighted by Crippen LogP contribution is -2.10. The fourth-order valence-electron chi connectivity index (χ4n) is 0.967. The molecule has 1 N–H and O–H groups in total. The Balaban J connectivity index is 3.03. The zero-order valence-corrected chi connectivity index (χ0v) is 6.94. The number of hydrogen-bond acceptors (Lipinski definition) is 4. The van der Waals surface area contributed by atoms with Crippen LogP contribution in [0.1, 0.15) is 5.69 Å². The standard InChI is InChI=1S/C6H10N4O2/c1-7-3-5-6(10(11)12)8-4-9(5)2/h4,7H,3H2,1-2H3. The quantitative estimate of drug-likeness (QED) is 0.513. The molecule has 1 heterocycles. The van der Waals surface area contributed by atoms with Crippen molar-refractivity contribution >= 4 is 5.82 Å². The van der Waals surface area contributed by atoms with Gasteiger partial charge in [0.05, 0.1) is 0 Å². The SMILES string of the molecule is CNCc1c([N+](=O)[O-])ncn1C. The molecule has 0 atom stereocenters. The molecule has 0 aliphatic rings. The zero-order chi connectivity index (χ0) is 9.14. The van der Waals surface area contributed by atoms with Crippen LogP contribution < -0.4 is 5.32 Å². The van der Waals surface area contributed by atoms with Crippen LogP contribution >= 0.6 is 0 Å². The molecule has 0 radical (unpaired) electrons. The largest absolute Gasteiger partial charge is 0.386 e. The normalized spacial score (nSPS) is 10.2. The van der Waals surface area contributed by atoms with Crippen LogP contribution in [0.4, 0.5) is 5.82 Å². The average molecular weight is 170 g/mol. The highest BCUT2D eigenvalue weighted by Gasteiger charge is 2.18. The number of imidazole rings is 1. The number of nitro groups is 1. The van der Waals surface area contributed by atoms with Crippen molar-refractivity contribution in [1.29, 1.82) is 0 Å². The molecule has 0 unspecified atom stereocenters. The molecule has 0 fully saturated rings. The number of nitrogens with one attached hydrogen (secondary N) is 1. The molecule has 0 aliphatic carbocycles. The average Bonchev–Trinajstić information content (AvgIpc) is 2.34. The second-order valence-corrected chi connectivity index (χ2v) is 2.41. The Hall–Kier alpha value is -1.43. The Morgan fingerprint density at radius 2 is 2.50 bits per heavy atom. The van der Waals surface area contributed by atoms with E-state index in [1.165, 1.54) is 6.33 Å². The molecule has 0 amide bonds. The van der Waals surface area contributed by atoms with Crippen LogP contribution in [-0.2, 0) is 13.6 Å². The van der Waals surface area contributed by atoms with Crippen LogP contribution in [0.3, 0.4) is 0 Å². The van der Waals surface area contributed by atoms with Crippen LogP contribution in [-0.4, -0.2) is 21.5 Å². The van der Waals surface area contributed by atoms with E-state index in [0.717, 1.165) is 0 Å². The van der Waals surface area contributed by atoms with Gasteiger partial charge in [-0.2, -0.15) is 0 Å². The summed E-state index contributed by atoms with van der Waals surface area (Å²) in [6, 6.07) is 0. The number of nitrogens with zero attached hydrogens (tertiary/aromatic N) is 3. The van der Waals surface area contributed by atoms with Crippen molar-refractivity contribution in [2.45, 2.75) is 6.54 Å². The predicted molar refractivity (Wildman–Crippen MR) is 42.6 cm³/mol. The minimum atomic E-state index is -0.479. The smallest absolute Gasteiger partial charge is 0.358 e. The highest BCUT2D eigenvalue weighted by molar-refractivity contribution is 5.26. The summed E-state index contributed by atoms with van der Waals surface area (Å²) in [5, 5.41) is 13.3. The summed E-state index contributed by atoms with van der Waals surface area (Å²) in [5.74, 6) is -0.0770. The van der Waals surface area contributed by atoms with E-state index in [0.29, 0.717) is 12.2 Å². The third-order valence-corrected chi connectivity index (χ3v) is 1.55. The van der Waals surface area contributed by atoms with E-state index in [4.69, 9.17) is 0 Å². The van der Waals surface area contributed by atoms with E-state index in [-0.39, 0.29) is 5.82 Å². The van der Waals surface area contributed by atoms with Gasteiger partial charge in [0, 0.05) is 13.6 Å². The van der Waals surface area contributed by atoms with Crippen molar-refractivity contribution in [3.05, 3.63) is 22.1 Å². The van der Waals surface area contributed by atoms with E-state index in [1.54, 1.807) is 18.7 Å². The maximum Gasteiger partial charge on any atom is 0.386 e. The van der Waals surface area contributed by atoms with Crippen molar-refractivity contribution in [3.8, 4) is 0 Å². The van der Waals surface area contributed by atoms with Crippen LogP contribution in [0.2, 0.25) is 0 Å². The van der Waals surface area contributed by atoms with Crippen LogP contribution in [0, 0.1) is 10.1 Å². The third-order valence-electron chi connectivity index (χ3n) is 1.55. The molecule has 1 aromatic heterocycles. The summed E-state index contributed by atoms with van der Waals surface area (Å²) in [6.45, 7) is 0.451. The highest BCUT2D eigenvalue weighted by atomic mass is 16.6. The van der Waals surface area contributed by atoms with Gasteiger partial charge < -0.3 is 20.0 Å². The van der Waals surface area contributed by atoms with Crippen molar-refractivity contribution in [2.75, 3.05) is 7.05 Å². The maximum absolute atomic E-state index is 10.4. The topological polar surface area (TPSA) is 73.0 Å². The molecule has 0 saturated carbocycles. The number of aryl methyl sites for hydroxylation is 1. The van der Waals surface area contributed by atoms with E-state index in [1.807, 2.05) is 0 Å². The van der Waals surface area contributed by atoms with Gasteiger partial charge in [-0.25, -0.2) is 0 Å². The van der Waals surface area contributed by atoms with E-state index in [9.17, 15) is 10.1 Å². The molecule has 6 nitrogen and oxygen atoms in total. The van der Waals surface area contributed by atoms with Crippen molar-refractivity contribution < 1.29 is 4.92 Å². The molecule has 0 aromatic carbocycles. The monoisotopic (exact) mass is 170 g/mol. The molecule has 0 aliphatic heterocycles. The van der Waals surface area contributed by atoms with Gasteiger partial charge in [-0.1, -0.05) is 0 Å². The Morgan fingerprint density at radius 3 is 3.00 bits per heavy atom. The third kappa shape index (κ3) is 1.42. The van der Waals surface area contributed by atoms with E-state index in [2.05, 4.69) is 10.3 Å². The molecule has 0 spiro atoms. The van der Waals surface area contributed by atoms with Gasteiger partial charge in [0.2, 0.25) is 6.33 Å². The second-order valence-electron chi connectivity index (χ2n) is 2.41. The fourth-order valence-corrected chi connectivity index (χ4v) is 0.967. The Morgan fingerprint density at radius 1 is 1.83 bits per heavy atom. The van der Waals surface area contributed by atoms with Crippen LogP contribution in [0.15, 0.2) is 6.33 Å². The molecule has 12 heavy (non-hydrogen) atoms. The lowest BCUT2D eigenvalue weighted by atomic mass is 10.4. The van der Waals surface area contributed by atoms with Crippen molar-refractivity contribution in [3.63, 3.8) is 0 Å². The Bertz CT molecular complexity index is 294. The fraction of sp³-hybridized carbons (Fsp3) is 0.500. The first-order chi connectivity index (χ1) is 5.66. The Kier molecular flexibility index (Phi) is 2.39. The molecule has 6 heteroatoms.